The van der Waals surface area contributed by atoms with E-state index in [1.165, 1.54) is 22.0 Å². The summed E-state index contributed by atoms with van der Waals surface area (Å²) in [5.74, 6) is 0. The maximum atomic E-state index is 4.41. The Labute approximate surface area is 88.6 Å². The van der Waals surface area contributed by atoms with E-state index in [1.807, 2.05) is 11.3 Å². The number of hydrogen-bond donors (Lipinski definition) is 1. The molecule has 0 fully saturated rings. The number of nitrogens with zero attached hydrogens (tertiary/aromatic N) is 1. The van der Waals surface area contributed by atoms with Gasteiger partial charge in [-0.25, -0.2) is 4.98 Å². The van der Waals surface area contributed by atoms with Gasteiger partial charge < -0.3 is 5.32 Å². The number of rotatable bonds is 0. The molecule has 0 amide bonds. The first-order chi connectivity index (χ1) is 4.86. The van der Waals surface area contributed by atoms with E-state index in [9.17, 15) is 0 Å². The van der Waals surface area contributed by atoms with Crippen LogP contribution >= 0.6 is 36.2 Å². The summed E-state index contributed by atoms with van der Waals surface area (Å²) < 4.78 is 0. The molecule has 0 bridgehead atoms. The van der Waals surface area contributed by atoms with Crippen LogP contribution in [0.4, 0.5) is 0 Å². The summed E-state index contributed by atoms with van der Waals surface area (Å²) in [6.07, 6.45) is 1.17. The second-order valence-corrected chi connectivity index (χ2v) is 3.82. The standard InChI is InChI=1S/C7H10N2S.2ClH/c1-5-9-6-4-8-3-2-7(6)10-5;;/h8H,2-4H2,1H3;2*1H. The molecule has 0 saturated carbocycles. The summed E-state index contributed by atoms with van der Waals surface area (Å²) >= 11 is 1.84. The zero-order valence-electron chi connectivity index (χ0n) is 6.79. The summed E-state index contributed by atoms with van der Waals surface area (Å²) in [5.41, 5.74) is 1.27. The van der Waals surface area contributed by atoms with Crippen molar-refractivity contribution in [3.63, 3.8) is 0 Å². The zero-order valence-corrected chi connectivity index (χ0v) is 9.24. The molecular formula is C7H12Cl2N2S. The van der Waals surface area contributed by atoms with Crippen molar-refractivity contribution in [2.24, 2.45) is 0 Å². The van der Waals surface area contributed by atoms with Gasteiger partial charge in [0.1, 0.15) is 0 Å². The Morgan fingerprint density at radius 3 is 2.83 bits per heavy atom. The lowest BCUT2D eigenvalue weighted by Crippen LogP contribution is -2.22. The first kappa shape index (κ1) is 12.2. The normalized spacial score (nSPS) is 14.1. The first-order valence-corrected chi connectivity index (χ1v) is 4.34. The van der Waals surface area contributed by atoms with E-state index in [2.05, 4.69) is 17.2 Å². The quantitative estimate of drug-likeness (QED) is 0.732. The van der Waals surface area contributed by atoms with Gasteiger partial charge >= 0.3 is 0 Å². The van der Waals surface area contributed by atoms with E-state index in [0.717, 1.165) is 13.1 Å². The van der Waals surface area contributed by atoms with Gasteiger partial charge in [-0.2, -0.15) is 0 Å². The number of fused-ring (bicyclic) bond motifs is 1. The van der Waals surface area contributed by atoms with Crippen molar-refractivity contribution in [3.8, 4) is 0 Å². The van der Waals surface area contributed by atoms with Crippen LogP contribution in [0.15, 0.2) is 0 Å². The molecule has 2 nitrogen and oxygen atoms in total. The minimum Gasteiger partial charge on any atom is -0.311 e. The van der Waals surface area contributed by atoms with Crippen molar-refractivity contribution in [1.29, 1.82) is 0 Å². The molecule has 1 aliphatic rings. The molecule has 2 heterocycles. The van der Waals surface area contributed by atoms with Gasteiger partial charge in [-0.3, -0.25) is 0 Å². The number of thiazole rings is 1. The highest BCUT2D eigenvalue weighted by Gasteiger charge is 2.11. The third kappa shape index (κ3) is 2.33. The molecule has 70 valence electrons. The monoisotopic (exact) mass is 226 g/mol. The maximum Gasteiger partial charge on any atom is 0.0900 e. The molecule has 0 unspecified atom stereocenters. The van der Waals surface area contributed by atoms with Crippen LogP contribution < -0.4 is 5.32 Å². The van der Waals surface area contributed by atoms with Crippen LogP contribution in [0.2, 0.25) is 0 Å². The third-order valence-electron chi connectivity index (χ3n) is 1.71. The second-order valence-electron chi connectivity index (χ2n) is 2.53. The van der Waals surface area contributed by atoms with Crippen molar-refractivity contribution in [1.82, 2.24) is 10.3 Å². The largest absolute Gasteiger partial charge is 0.311 e. The number of aromatic nitrogens is 1. The van der Waals surface area contributed by atoms with Crippen molar-refractivity contribution < 1.29 is 0 Å². The van der Waals surface area contributed by atoms with Gasteiger partial charge in [0.05, 0.1) is 10.7 Å². The third-order valence-corrected chi connectivity index (χ3v) is 2.78. The highest BCUT2D eigenvalue weighted by molar-refractivity contribution is 7.11. The number of nitrogens with one attached hydrogen (secondary N) is 1. The van der Waals surface area contributed by atoms with Crippen LogP contribution in [0, 0.1) is 6.92 Å². The Kier molecular flexibility index (Phi) is 5.09. The molecule has 2 rings (SSSR count). The molecule has 12 heavy (non-hydrogen) atoms. The summed E-state index contributed by atoms with van der Waals surface area (Å²) in [7, 11) is 0. The van der Waals surface area contributed by atoms with E-state index in [4.69, 9.17) is 0 Å². The fourth-order valence-corrected chi connectivity index (χ4v) is 2.21. The maximum absolute atomic E-state index is 4.41. The fourth-order valence-electron chi connectivity index (χ4n) is 1.25. The second kappa shape index (κ2) is 5.02. The lowest BCUT2D eigenvalue weighted by Gasteiger charge is -2.09. The van der Waals surface area contributed by atoms with E-state index >= 15 is 0 Å². The van der Waals surface area contributed by atoms with Crippen LogP contribution in [-0.4, -0.2) is 11.5 Å². The Bertz CT molecular complexity index is 226. The van der Waals surface area contributed by atoms with Crippen molar-refractivity contribution in [2.75, 3.05) is 6.54 Å². The van der Waals surface area contributed by atoms with Gasteiger partial charge in [0.25, 0.3) is 0 Å². The summed E-state index contributed by atoms with van der Waals surface area (Å²) in [4.78, 5) is 5.89. The average molecular weight is 227 g/mol. The van der Waals surface area contributed by atoms with E-state index in [-0.39, 0.29) is 24.8 Å². The lowest BCUT2D eigenvalue weighted by molar-refractivity contribution is 0.638. The van der Waals surface area contributed by atoms with Gasteiger partial charge in [-0.1, -0.05) is 0 Å². The van der Waals surface area contributed by atoms with Gasteiger partial charge in [0, 0.05) is 18.0 Å². The molecule has 1 N–H and O–H groups in total. The molecule has 0 atom stereocenters. The number of halogens is 2. The molecule has 1 aromatic heterocycles. The van der Waals surface area contributed by atoms with Crippen LogP contribution in [-0.2, 0) is 13.0 Å². The van der Waals surface area contributed by atoms with Crippen molar-refractivity contribution in [2.45, 2.75) is 19.9 Å². The highest BCUT2D eigenvalue weighted by atomic mass is 35.5. The predicted molar refractivity (Wildman–Crippen MR) is 56.8 cm³/mol. The van der Waals surface area contributed by atoms with Crippen LogP contribution in [0.25, 0.3) is 0 Å². The Morgan fingerprint density at radius 2 is 2.17 bits per heavy atom. The average Bonchev–Trinajstić information content (AvgIpc) is 2.27. The summed E-state index contributed by atoms with van der Waals surface area (Å²) in [6, 6.07) is 0. The molecule has 0 spiro atoms. The Hall–Kier alpha value is 0.170. The molecule has 1 aliphatic heterocycles. The van der Waals surface area contributed by atoms with E-state index < -0.39 is 0 Å². The lowest BCUT2D eigenvalue weighted by atomic mass is 10.2. The van der Waals surface area contributed by atoms with Crippen LogP contribution in [0.1, 0.15) is 15.6 Å². The smallest absolute Gasteiger partial charge is 0.0900 e. The molecule has 0 aliphatic carbocycles. The molecule has 5 heteroatoms. The minimum atomic E-state index is 0. The van der Waals surface area contributed by atoms with Crippen molar-refractivity contribution in [3.05, 3.63) is 15.6 Å². The van der Waals surface area contributed by atoms with Gasteiger partial charge in [-0.05, 0) is 13.3 Å². The predicted octanol–water partition coefficient (Wildman–Crippen LogP) is 1.94. The van der Waals surface area contributed by atoms with Gasteiger partial charge in [0.2, 0.25) is 0 Å². The van der Waals surface area contributed by atoms with Crippen LogP contribution in [0.3, 0.4) is 0 Å². The van der Waals surface area contributed by atoms with Gasteiger partial charge in [0.15, 0.2) is 0 Å². The van der Waals surface area contributed by atoms with E-state index in [0.29, 0.717) is 0 Å². The SMILES string of the molecule is Cc1nc2c(s1)CCNC2.Cl.Cl. The molecule has 0 aromatic carbocycles. The first-order valence-electron chi connectivity index (χ1n) is 3.52. The number of hydrogen-bond acceptors (Lipinski definition) is 3. The molecule has 0 radical (unpaired) electrons. The summed E-state index contributed by atoms with van der Waals surface area (Å²) in [6.45, 7) is 4.16. The zero-order chi connectivity index (χ0) is 6.97. The van der Waals surface area contributed by atoms with Gasteiger partial charge in [-0.15, -0.1) is 36.2 Å². The molecular weight excluding hydrogens is 215 g/mol. The van der Waals surface area contributed by atoms with Crippen molar-refractivity contribution >= 4 is 36.2 Å². The van der Waals surface area contributed by atoms with E-state index in [1.54, 1.807) is 0 Å². The Balaban J connectivity index is 0.000000605. The minimum absolute atomic E-state index is 0. The molecule has 1 aromatic rings. The summed E-state index contributed by atoms with van der Waals surface area (Å²) in [5, 5.41) is 4.50. The molecule has 0 saturated heterocycles. The fraction of sp³-hybridized carbons (Fsp3) is 0.571. The topological polar surface area (TPSA) is 24.9 Å². The highest BCUT2D eigenvalue weighted by Crippen LogP contribution is 2.20. The Morgan fingerprint density at radius 1 is 1.42 bits per heavy atom. The van der Waals surface area contributed by atoms with Crippen LogP contribution in [0.5, 0.6) is 0 Å². The number of aryl methyl sites for hydroxylation is 1.